The number of halogens is 3. The minimum atomic E-state index is -4.13. The van der Waals surface area contributed by atoms with Crippen molar-refractivity contribution in [3.8, 4) is 0 Å². The molecule has 0 N–H and O–H groups in total. The average Bonchev–Trinajstić information content (AvgIpc) is 3.06. The first-order chi connectivity index (χ1) is 14.2. The number of anilines is 1. The first kappa shape index (κ1) is 21.0. The van der Waals surface area contributed by atoms with Crippen LogP contribution in [0.5, 0.6) is 0 Å². The van der Waals surface area contributed by atoms with Gasteiger partial charge in [0.15, 0.2) is 5.03 Å². The third kappa shape index (κ3) is 3.65. The Bertz CT molecular complexity index is 1260. The summed E-state index contributed by atoms with van der Waals surface area (Å²) in [5.74, 6) is 0. The van der Waals surface area contributed by atoms with Gasteiger partial charge >= 0.3 is 6.03 Å². The van der Waals surface area contributed by atoms with Gasteiger partial charge < -0.3 is 0 Å². The van der Waals surface area contributed by atoms with Crippen molar-refractivity contribution >= 4 is 56.5 Å². The number of urea groups is 1. The lowest BCUT2D eigenvalue weighted by molar-refractivity contribution is 0.225. The van der Waals surface area contributed by atoms with E-state index in [0.29, 0.717) is 26.2 Å². The Hall–Kier alpha value is -2.26. The van der Waals surface area contributed by atoms with Crippen molar-refractivity contribution in [2.45, 2.75) is 18.1 Å². The van der Waals surface area contributed by atoms with Crippen molar-refractivity contribution in [1.29, 1.82) is 0 Å². The summed E-state index contributed by atoms with van der Waals surface area (Å²) >= 11 is 18.3. The van der Waals surface area contributed by atoms with E-state index in [4.69, 9.17) is 34.8 Å². The zero-order chi connectivity index (χ0) is 21.6. The van der Waals surface area contributed by atoms with Crippen LogP contribution in [0.3, 0.4) is 0 Å². The van der Waals surface area contributed by atoms with Crippen molar-refractivity contribution in [2.75, 3.05) is 4.90 Å². The van der Waals surface area contributed by atoms with Crippen LogP contribution in [0.4, 0.5) is 10.5 Å². The summed E-state index contributed by atoms with van der Waals surface area (Å²) in [7, 11) is -2.62. The molecule has 4 rings (SSSR count). The lowest BCUT2D eigenvalue weighted by Gasteiger charge is -2.34. The Balaban J connectivity index is 1.79. The summed E-state index contributed by atoms with van der Waals surface area (Å²) in [5, 5.41) is 5.25. The van der Waals surface area contributed by atoms with Gasteiger partial charge in [-0.2, -0.15) is 13.5 Å². The van der Waals surface area contributed by atoms with Crippen LogP contribution in [0.15, 0.2) is 53.7 Å². The highest BCUT2D eigenvalue weighted by atomic mass is 35.5. The second kappa shape index (κ2) is 7.77. The summed E-state index contributed by atoms with van der Waals surface area (Å²) in [6.45, 7) is -0.119. The fraction of sp³-hybridized carbons (Fsp3) is 0.158. The van der Waals surface area contributed by atoms with Crippen LogP contribution in [-0.2, 0) is 30.2 Å². The van der Waals surface area contributed by atoms with Gasteiger partial charge in [0.2, 0.25) is 0 Å². The van der Waals surface area contributed by atoms with Gasteiger partial charge in [0.05, 0.1) is 19.3 Å². The van der Waals surface area contributed by atoms with E-state index in [0.717, 1.165) is 4.31 Å². The molecule has 1 aliphatic rings. The van der Waals surface area contributed by atoms with Gasteiger partial charge in [-0.25, -0.2) is 9.10 Å². The van der Waals surface area contributed by atoms with Gasteiger partial charge in [-0.05, 0) is 35.4 Å². The van der Waals surface area contributed by atoms with Crippen LogP contribution in [0.25, 0.3) is 0 Å². The minimum absolute atomic E-state index is 0.0507. The fourth-order valence-corrected chi connectivity index (χ4v) is 5.59. The molecule has 0 saturated heterocycles. The summed E-state index contributed by atoms with van der Waals surface area (Å²) in [6, 6.07) is 10.9. The number of sulfonamides is 1. The van der Waals surface area contributed by atoms with Gasteiger partial charge in [0.25, 0.3) is 10.0 Å². The van der Waals surface area contributed by atoms with E-state index in [1.165, 1.54) is 22.8 Å². The highest BCUT2D eigenvalue weighted by Gasteiger charge is 2.44. The number of rotatable bonds is 4. The smallest absolute Gasteiger partial charge is 0.284 e. The van der Waals surface area contributed by atoms with Gasteiger partial charge in [-0.15, -0.1) is 0 Å². The van der Waals surface area contributed by atoms with Crippen molar-refractivity contribution in [2.24, 2.45) is 7.05 Å². The quantitative estimate of drug-likeness (QED) is 0.536. The third-order valence-corrected chi connectivity index (χ3v) is 7.34. The van der Waals surface area contributed by atoms with E-state index in [9.17, 15) is 13.2 Å². The molecule has 0 fully saturated rings. The standard InChI is InChI=1S/C19H15Cl3N4O3S/c1-24-18-17(9-23-24)25(11-13-5-6-15(21)8-16(13)22)19(27)26(30(18,28)29)10-12-3-2-4-14(20)7-12/h2-9H,10-11H2,1H3. The molecule has 0 atom stereocenters. The molecular formula is C19H15Cl3N4O3S. The maximum Gasteiger partial charge on any atom is 0.339 e. The minimum Gasteiger partial charge on any atom is -0.284 e. The van der Waals surface area contributed by atoms with E-state index < -0.39 is 16.1 Å². The predicted octanol–water partition coefficient (Wildman–Crippen LogP) is 4.71. The van der Waals surface area contributed by atoms with Gasteiger partial charge in [0, 0.05) is 22.1 Å². The molecule has 0 spiro atoms. The zero-order valence-electron chi connectivity index (χ0n) is 15.6. The Kier molecular flexibility index (Phi) is 5.44. The molecule has 11 heteroatoms. The van der Waals surface area contributed by atoms with Crippen LogP contribution in [0.2, 0.25) is 15.1 Å². The zero-order valence-corrected chi connectivity index (χ0v) is 18.7. The van der Waals surface area contributed by atoms with Gasteiger partial charge in [0.1, 0.15) is 5.69 Å². The average molecular weight is 486 g/mol. The topological polar surface area (TPSA) is 75.5 Å². The number of carbonyl (C=O) groups excluding carboxylic acids is 1. The van der Waals surface area contributed by atoms with E-state index in [1.54, 1.807) is 42.5 Å². The number of aryl methyl sites for hydroxylation is 1. The summed E-state index contributed by atoms with van der Waals surface area (Å²) in [6.07, 6.45) is 1.35. The van der Waals surface area contributed by atoms with Crippen molar-refractivity contribution in [3.05, 3.63) is 74.9 Å². The molecular weight excluding hydrogens is 471 g/mol. The molecule has 0 unspecified atom stereocenters. The normalized spacial score (nSPS) is 15.4. The van der Waals surface area contributed by atoms with Crippen molar-refractivity contribution in [3.63, 3.8) is 0 Å². The van der Waals surface area contributed by atoms with Crippen LogP contribution in [-0.4, -0.2) is 28.5 Å². The molecule has 30 heavy (non-hydrogen) atoms. The molecule has 1 aromatic heterocycles. The van der Waals surface area contributed by atoms with Crippen LogP contribution in [0.1, 0.15) is 11.1 Å². The Morgan fingerprint density at radius 1 is 1.00 bits per heavy atom. The summed E-state index contributed by atoms with van der Waals surface area (Å²) < 4.78 is 28.5. The lowest BCUT2D eigenvalue weighted by Crippen LogP contribution is -2.50. The van der Waals surface area contributed by atoms with E-state index in [-0.39, 0.29) is 23.8 Å². The van der Waals surface area contributed by atoms with Crippen molar-refractivity contribution < 1.29 is 13.2 Å². The van der Waals surface area contributed by atoms with Crippen LogP contribution in [0, 0.1) is 0 Å². The highest BCUT2D eigenvalue weighted by molar-refractivity contribution is 7.89. The Morgan fingerprint density at radius 3 is 2.43 bits per heavy atom. The first-order valence-corrected chi connectivity index (χ1v) is 11.3. The molecule has 0 aliphatic carbocycles. The molecule has 0 bridgehead atoms. The molecule has 0 radical (unpaired) electrons. The monoisotopic (exact) mass is 484 g/mol. The first-order valence-electron chi connectivity index (χ1n) is 8.73. The predicted molar refractivity (Wildman–Crippen MR) is 115 cm³/mol. The molecule has 2 amide bonds. The van der Waals surface area contributed by atoms with Gasteiger partial charge in [-0.3, -0.25) is 9.58 Å². The molecule has 0 saturated carbocycles. The molecule has 2 heterocycles. The number of carbonyl (C=O) groups is 1. The Labute approximate surface area is 188 Å². The van der Waals surface area contributed by atoms with Crippen LogP contribution >= 0.6 is 34.8 Å². The number of benzene rings is 2. The van der Waals surface area contributed by atoms with Gasteiger partial charge in [-0.1, -0.05) is 53.0 Å². The summed E-state index contributed by atoms with van der Waals surface area (Å²) in [5.41, 5.74) is 1.39. The van der Waals surface area contributed by atoms with E-state index in [2.05, 4.69) is 5.10 Å². The second-order valence-electron chi connectivity index (χ2n) is 6.70. The third-order valence-electron chi connectivity index (χ3n) is 4.69. The largest absolute Gasteiger partial charge is 0.339 e. The molecule has 2 aromatic carbocycles. The second-order valence-corrected chi connectivity index (χ2v) is 9.76. The fourth-order valence-electron chi connectivity index (χ4n) is 3.27. The maximum atomic E-state index is 13.3. The van der Waals surface area contributed by atoms with E-state index >= 15 is 0 Å². The Morgan fingerprint density at radius 2 is 1.73 bits per heavy atom. The maximum absolute atomic E-state index is 13.3. The lowest BCUT2D eigenvalue weighted by atomic mass is 10.2. The molecule has 7 nitrogen and oxygen atoms in total. The van der Waals surface area contributed by atoms with Crippen LogP contribution < -0.4 is 4.90 Å². The number of nitrogens with zero attached hydrogens (tertiary/aromatic N) is 4. The number of aromatic nitrogens is 2. The number of hydrogen-bond acceptors (Lipinski definition) is 4. The number of hydrogen-bond donors (Lipinski definition) is 0. The van der Waals surface area contributed by atoms with Crippen molar-refractivity contribution in [1.82, 2.24) is 14.1 Å². The number of fused-ring (bicyclic) bond motifs is 1. The molecule has 156 valence electrons. The highest BCUT2D eigenvalue weighted by Crippen LogP contribution is 2.36. The van der Waals surface area contributed by atoms with E-state index in [1.807, 2.05) is 0 Å². The number of amides is 2. The summed E-state index contributed by atoms with van der Waals surface area (Å²) in [4.78, 5) is 14.7. The molecule has 1 aliphatic heterocycles. The SMILES string of the molecule is Cn1ncc2c1S(=O)(=O)N(Cc1cccc(Cl)c1)C(=O)N2Cc1ccc(Cl)cc1Cl. The molecule has 3 aromatic rings.